The molecule has 0 amide bonds. The molecule has 0 saturated heterocycles. The Morgan fingerprint density at radius 3 is 2.50 bits per heavy atom. The standard InChI is InChI=1S/C15H12N4O4S3/c20-19(21)13-3-1-2-4-14(13)25-17-11-5-7-12(8-6-11)26(22,23)18-15-16-9-10-24-15/h1-10,17H,(H,16,18). The second-order valence-electron chi connectivity index (χ2n) is 4.90. The molecule has 11 heteroatoms. The Morgan fingerprint density at radius 2 is 1.85 bits per heavy atom. The number of aromatic nitrogens is 1. The largest absolute Gasteiger partial charge is 0.325 e. The highest BCUT2D eigenvalue weighted by Crippen LogP contribution is 2.30. The highest BCUT2D eigenvalue weighted by molar-refractivity contribution is 8.00. The lowest BCUT2D eigenvalue weighted by atomic mass is 10.3. The number of hydrogen-bond donors (Lipinski definition) is 2. The van der Waals surface area contributed by atoms with Crippen LogP contribution in [0.15, 0.2) is 69.9 Å². The van der Waals surface area contributed by atoms with Crippen molar-refractivity contribution in [3.05, 3.63) is 70.2 Å². The molecule has 0 unspecified atom stereocenters. The summed E-state index contributed by atoms with van der Waals surface area (Å²) in [7, 11) is -3.71. The predicted molar refractivity (Wildman–Crippen MR) is 102 cm³/mol. The van der Waals surface area contributed by atoms with E-state index in [-0.39, 0.29) is 10.6 Å². The Labute approximate surface area is 157 Å². The van der Waals surface area contributed by atoms with Crippen LogP contribution in [0.5, 0.6) is 0 Å². The third-order valence-electron chi connectivity index (χ3n) is 3.16. The molecule has 0 aliphatic rings. The number of rotatable bonds is 7. The van der Waals surface area contributed by atoms with Gasteiger partial charge >= 0.3 is 0 Å². The Kier molecular flexibility index (Phi) is 5.40. The van der Waals surface area contributed by atoms with Gasteiger partial charge in [-0.2, -0.15) is 0 Å². The summed E-state index contributed by atoms with van der Waals surface area (Å²) < 4.78 is 29.9. The first-order chi connectivity index (χ1) is 12.5. The molecule has 0 saturated carbocycles. The van der Waals surface area contributed by atoms with Crippen molar-refractivity contribution in [1.82, 2.24) is 4.98 Å². The molecule has 2 aromatic carbocycles. The van der Waals surface area contributed by atoms with Crippen LogP contribution in [0.25, 0.3) is 0 Å². The average Bonchev–Trinajstić information content (AvgIpc) is 3.12. The van der Waals surface area contributed by atoms with E-state index in [9.17, 15) is 18.5 Å². The molecule has 0 aliphatic heterocycles. The molecule has 134 valence electrons. The Balaban J connectivity index is 1.69. The van der Waals surface area contributed by atoms with Crippen molar-refractivity contribution in [3.63, 3.8) is 0 Å². The number of hydrogen-bond acceptors (Lipinski definition) is 8. The fourth-order valence-electron chi connectivity index (χ4n) is 1.96. The average molecular weight is 408 g/mol. The van der Waals surface area contributed by atoms with Crippen LogP contribution in [0.4, 0.5) is 16.5 Å². The first-order valence-corrected chi connectivity index (χ1v) is 10.3. The lowest BCUT2D eigenvalue weighted by molar-refractivity contribution is -0.387. The van der Waals surface area contributed by atoms with Crippen LogP contribution in [0.3, 0.4) is 0 Å². The second-order valence-corrected chi connectivity index (χ2v) is 8.32. The maximum atomic E-state index is 12.3. The molecule has 0 atom stereocenters. The molecule has 0 aliphatic carbocycles. The minimum absolute atomic E-state index is 0.00292. The fraction of sp³-hybridized carbons (Fsp3) is 0. The lowest BCUT2D eigenvalue weighted by Gasteiger charge is -2.08. The van der Waals surface area contributed by atoms with E-state index in [0.29, 0.717) is 15.7 Å². The third-order valence-corrected chi connectivity index (χ3v) is 6.23. The molecular weight excluding hydrogens is 396 g/mol. The van der Waals surface area contributed by atoms with Crippen LogP contribution in [-0.2, 0) is 10.0 Å². The Bertz CT molecular complexity index is 1010. The molecule has 0 fully saturated rings. The summed E-state index contributed by atoms with van der Waals surface area (Å²) in [5.74, 6) is 0. The molecule has 3 aromatic rings. The van der Waals surface area contributed by atoms with Crippen molar-refractivity contribution < 1.29 is 13.3 Å². The van der Waals surface area contributed by atoms with Crippen molar-refractivity contribution in [2.24, 2.45) is 0 Å². The molecule has 2 N–H and O–H groups in total. The maximum Gasteiger partial charge on any atom is 0.284 e. The van der Waals surface area contributed by atoms with Crippen molar-refractivity contribution in [2.45, 2.75) is 9.79 Å². The van der Waals surface area contributed by atoms with Gasteiger partial charge in [0.05, 0.1) is 9.82 Å². The van der Waals surface area contributed by atoms with E-state index in [1.807, 2.05) is 0 Å². The SMILES string of the molecule is O=[N+]([O-])c1ccccc1SNc1ccc(S(=O)(=O)Nc2nccs2)cc1. The summed E-state index contributed by atoms with van der Waals surface area (Å²) in [6.45, 7) is 0. The van der Waals surface area contributed by atoms with E-state index in [4.69, 9.17) is 0 Å². The number of benzene rings is 2. The molecule has 26 heavy (non-hydrogen) atoms. The Morgan fingerprint density at radius 1 is 1.12 bits per heavy atom. The van der Waals surface area contributed by atoms with Crippen LogP contribution in [0, 0.1) is 10.1 Å². The molecule has 8 nitrogen and oxygen atoms in total. The molecule has 0 spiro atoms. The number of para-hydroxylation sites is 1. The zero-order valence-electron chi connectivity index (χ0n) is 13.0. The highest BCUT2D eigenvalue weighted by Gasteiger charge is 2.16. The summed E-state index contributed by atoms with van der Waals surface area (Å²) in [5.41, 5.74) is 0.609. The summed E-state index contributed by atoms with van der Waals surface area (Å²) >= 11 is 2.27. The molecule has 1 aromatic heterocycles. The molecule has 3 rings (SSSR count). The summed E-state index contributed by atoms with van der Waals surface area (Å²) in [5, 5.41) is 13.0. The quantitative estimate of drug-likeness (QED) is 0.345. The van der Waals surface area contributed by atoms with Gasteiger partial charge in [0.2, 0.25) is 0 Å². The van der Waals surface area contributed by atoms with E-state index in [0.717, 1.165) is 11.9 Å². The van der Waals surface area contributed by atoms with E-state index >= 15 is 0 Å². The topological polar surface area (TPSA) is 114 Å². The van der Waals surface area contributed by atoms with Crippen molar-refractivity contribution in [2.75, 3.05) is 9.44 Å². The van der Waals surface area contributed by atoms with Gasteiger partial charge in [-0.3, -0.25) is 14.8 Å². The van der Waals surface area contributed by atoms with Gasteiger partial charge in [0.15, 0.2) is 5.13 Å². The predicted octanol–water partition coefficient (Wildman–Crippen LogP) is 3.97. The normalized spacial score (nSPS) is 11.1. The van der Waals surface area contributed by atoms with Gasteiger partial charge in [0.1, 0.15) is 4.90 Å². The molecule has 1 heterocycles. The van der Waals surface area contributed by atoms with Gasteiger partial charge in [-0.05, 0) is 42.3 Å². The Hall–Kier alpha value is -2.63. The summed E-state index contributed by atoms with van der Waals surface area (Å²) in [6, 6.07) is 12.4. The number of thiazole rings is 1. The number of nitro benzene ring substituents is 1. The molecular formula is C15H12N4O4S3. The highest BCUT2D eigenvalue weighted by atomic mass is 32.2. The van der Waals surface area contributed by atoms with Crippen molar-refractivity contribution in [1.29, 1.82) is 0 Å². The van der Waals surface area contributed by atoms with Crippen LogP contribution in [0.2, 0.25) is 0 Å². The van der Waals surface area contributed by atoms with Crippen LogP contribution >= 0.6 is 23.3 Å². The zero-order valence-corrected chi connectivity index (χ0v) is 15.5. The number of nitrogens with zero attached hydrogens (tertiary/aromatic N) is 2. The lowest BCUT2D eigenvalue weighted by Crippen LogP contribution is -2.12. The number of anilines is 2. The first-order valence-electron chi connectivity index (χ1n) is 7.14. The van der Waals surface area contributed by atoms with Gasteiger partial charge in [-0.25, -0.2) is 13.4 Å². The number of nitro groups is 1. The first kappa shape index (κ1) is 18.2. The zero-order chi connectivity index (χ0) is 18.6. The monoisotopic (exact) mass is 408 g/mol. The van der Waals surface area contributed by atoms with Crippen LogP contribution in [-0.4, -0.2) is 18.3 Å². The number of sulfonamides is 1. The van der Waals surface area contributed by atoms with Gasteiger partial charge < -0.3 is 4.72 Å². The minimum atomic E-state index is -3.71. The number of nitrogens with one attached hydrogen (secondary N) is 2. The molecule has 0 bridgehead atoms. The second kappa shape index (κ2) is 7.72. The minimum Gasteiger partial charge on any atom is -0.325 e. The van der Waals surface area contributed by atoms with Crippen LogP contribution in [0.1, 0.15) is 0 Å². The van der Waals surface area contributed by atoms with E-state index < -0.39 is 14.9 Å². The van der Waals surface area contributed by atoms with Gasteiger partial charge in [0.25, 0.3) is 15.7 Å². The maximum absolute atomic E-state index is 12.3. The van der Waals surface area contributed by atoms with E-state index in [1.165, 1.54) is 35.7 Å². The van der Waals surface area contributed by atoms with Crippen molar-refractivity contribution in [3.8, 4) is 0 Å². The van der Waals surface area contributed by atoms with Gasteiger partial charge in [-0.1, -0.05) is 12.1 Å². The van der Waals surface area contributed by atoms with E-state index in [2.05, 4.69) is 14.4 Å². The third kappa shape index (κ3) is 4.31. The van der Waals surface area contributed by atoms with Crippen molar-refractivity contribution >= 4 is 49.8 Å². The van der Waals surface area contributed by atoms with E-state index in [1.54, 1.807) is 35.7 Å². The smallest absolute Gasteiger partial charge is 0.284 e. The van der Waals surface area contributed by atoms with Gasteiger partial charge in [-0.15, -0.1) is 11.3 Å². The van der Waals surface area contributed by atoms with Gasteiger partial charge in [0, 0.05) is 23.3 Å². The van der Waals surface area contributed by atoms with Crippen LogP contribution < -0.4 is 9.44 Å². The fourth-order valence-corrected chi connectivity index (χ4v) is 4.50. The molecule has 0 radical (unpaired) electrons. The summed E-state index contributed by atoms with van der Waals surface area (Å²) in [4.78, 5) is 15.0. The summed E-state index contributed by atoms with van der Waals surface area (Å²) in [6.07, 6.45) is 1.51.